The molecule has 0 heterocycles. The molecule has 0 saturated carbocycles. The van der Waals surface area contributed by atoms with Crippen LogP contribution in [0.25, 0.3) is 0 Å². The minimum absolute atomic E-state index is 0. The molecular formula is C21H24N2Ni. The fourth-order valence-electron chi connectivity index (χ4n) is 2.13. The molecule has 0 bridgehead atoms. The first kappa shape index (κ1) is 20.1. The van der Waals surface area contributed by atoms with Gasteiger partial charge < -0.3 is 0 Å². The second-order valence-electron chi connectivity index (χ2n) is 5.36. The van der Waals surface area contributed by atoms with E-state index in [-0.39, 0.29) is 16.5 Å². The Morgan fingerprint density at radius 2 is 1.50 bits per heavy atom. The van der Waals surface area contributed by atoms with E-state index in [0.29, 0.717) is 0 Å². The average Bonchev–Trinajstić information content (AvgIpc) is 2.61. The molecular weight excluding hydrogens is 339 g/mol. The maximum absolute atomic E-state index is 4.67. The number of hydrogen-bond acceptors (Lipinski definition) is 2. The minimum Gasteiger partial charge on any atom is -0.255 e. The van der Waals surface area contributed by atoms with E-state index in [9.17, 15) is 0 Å². The molecule has 2 aromatic rings. The van der Waals surface area contributed by atoms with Gasteiger partial charge in [-0.05, 0) is 43.2 Å². The van der Waals surface area contributed by atoms with Gasteiger partial charge in [0, 0.05) is 16.5 Å². The average molecular weight is 363 g/mol. The van der Waals surface area contributed by atoms with Crippen molar-refractivity contribution in [2.24, 2.45) is 9.98 Å². The van der Waals surface area contributed by atoms with E-state index in [2.05, 4.69) is 29.1 Å². The first-order valence-corrected chi connectivity index (χ1v) is 8.28. The van der Waals surface area contributed by atoms with Crippen molar-refractivity contribution in [1.29, 1.82) is 0 Å². The number of hydrogen-bond donors (Lipinski definition) is 0. The van der Waals surface area contributed by atoms with Crippen LogP contribution < -0.4 is 0 Å². The van der Waals surface area contributed by atoms with Gasteiger partial charge in [-0.15, -0.1) is 0 Å². The largest absolute Gasteiger partial charge is 0.255 e. The van der Waals surface area contributed by atoms with Gasteiger partial charge in [-0.25, -0.2) is 4.99 Å². The summed E-state index contributed by atoms with van der Waals surface area (Å²) in [5.74, 6) is 0. The van der Waals surface area contributed by atoms with Gasteiger partial charge in [-0.3, -0.25) is 4.99 Å². The van der Waals surface area contributed by atoms with Crippen LogP contribution in [-0.4, -0.2) is 11.9 Å². The number of allylic oxidation sites excluding steroid dienone is 2. The predicted molar refractivity (Wildman–Crippen MR) is 101 cm³/mol. The van der Waals surface area contributed by atoms with Crippen LogP contribution in [0.15, 0.2) is 82.8 Å². The van der Waals surface area contributed by atoms with Crippen LogP contribution in [0.1, 0.15) is 32.6 Å². The molecule has 0 fully saturated rings. The van der Waals surface area contributed by atoms with Crippen LogP contribution in [0, 0.1) is 0 Å². The van der Waals surface area contributed by atoms with Crippen LogP contribution in [0.3, 0.4) is 0 Å². The van der Waals surface area contributed by atoms with Crippen LogP contribution >= 0.6 is 0 Å². The van der Waals surface area contributed by atoms with Crippen LogP contribution in [-0.2, 0) is 16.5 Å². The number of benzene rings is 2. The Balaban J connectivity index is 0.00000288. The van der Waals surface area contributed by atoms with Gasteiger partial charge in [0.25, 0.3) is 0 Å². The summed E-state index contributed by atoms with van der Waals surface area (Å²) in [6.45, 7) is 2.22. The summed E-state index contributed by atoms with van der Waals surface area (Å²) in [6, 6.07) is 19.9. The molecule has 128 valence electrons. The Morgan fingerprint density at radius 3 is 2.12 bits per heavy atom. The smallest absolute Gasteiger partial charge is 0.0816 e. The van der Waals surface area contributed by atoms with E-state index in [1.165, 1.54) is 19.3 Å². The molecule has 0 radical (unpaired) electrons. The molecule has 2 rings (SSSR count). The molecule has 0 aliphatic heterocycles. The van der Waals surface area contributed by atoms with Gasteiger partial charge in [0.15, 0.2) is 0 Å². The molecule has 0 aliphatic carbocycles. The van der Waals surface area contributed by atoms with Crippen molar-refractivity contribution in [3.05, 3.63) is 72.8 Å². The third-order valence-electron chi connectivity index (χ3n) is 3.38. The molecule has 0 spiro atoms. The number of para-hydroxylation sites is 2. The van der Waals surface area contributed by atoms with Crippen LogP contribution in [0.5, 0.6) is 0 Å². The van der Waals surface area contributed by atoms with E-state index in [4.69, 9.17) is 0 Å². The fourth-order valence-corrected chi connectivity index (χ4v) is 2.13. The standard InChI is InChI=1S/C21H24N2.Ni/c1-2-3-4-5-8-17-21(23-20-15-11-7-12-16-20)18-22-19-13-9-6-10-14-19;/h6-18H,2-5H2,1H3;/b17-8+,22-18+,23-21+;. The second-order valence-corrected chi connectivity index (χ2v) is 5.36. The molecule has 2 nitrogen and oxygen atoms in total. The van der Waals surface area contributed by atoms with Gasteiger partial charge in [-0.2, -0.15) is 0 Å². The Kier molecular flexibility index (Phi) is 10.4. The third-order valence-corrected chi connectivity index (χ3v) is 3.38. The van der Waals surface area contributed by atoms with Gasteiger partial charge in [0.2, 0.25) is 0 Å². The zero-order valence-electron chi connectivity index (χ0n) is 14.0. The van der Waals surface area contributed by atoms with Crippen molar-refractivity contribution in [3.63, 3.8) is 0 Å². The number of nitrogens with zero attached hydrogens (tertiary/aromatic N) is 2. The number of rotatable bonds is 8. The van der Waals surface area contributed by atoms with Gasteiger partial charge in [-0.1, -0.05) is 62.2 Å². The fraction of sp³-hybridized carbons (Fsp3) is 0.238. The van der Waals surface area contributed by atoms with Crippen molar-refractivity contribution < 1.29 is 16.5 Å². The van der Waals surface area contributed by atoms with Gasteiger partial charge in [0.1, 0.15) is 0 Å². The summed E-state index contributed by atoms with van der Waals surface area (Å²) in [6.07, 6.45) is 10.9. The van der Waals surface area contributed by atoms with Crippen LogP contribution in [0.4, 0.5) is 11.4 Å². The van der Waals surface area contributed by atoms with Crippen molar-refractivity contribution in [1.82, 2.24) is 0 Å². The zero-order valence-corrected chi connectivity index (χ0v) is 15.0. The normalized spacial score (nSPS) is 11.8. The molecule has 0 aromatic heterocycles. The predicted octanol–water partition coefficient (Wildman–Crippen LogP) is 6.30. The summed E-state index contributed by atoms with van der Waals surface area (Å²) in [5, 5.41) is 0. The summed E-state index contributed by atoms with van der Waals surface area (Å²) in [7, 11) is 0. The van der Waals surface area contributed by atoms with E-state index in [0.717, 1.165) is 23.5 Å². The Morgan fingerprint density at radius 1 is 0.875 bits per heavy atom. The van der Waals surface area contributed by atoms with Crippen molar-refractivity contribution in [3.8, 4) is 0 Å². The summed E-state index contributed by atoms with van der Waals surface area (Å²) in [5.41, 5.74) is 2.75. The second kappa shape index (κ2) is 12.4. The van der Waals surface area contributed by atoms with Crippen LogP contribution in [0.2, 0.25) is 0 Å². The first-order valence-electron chi connectivity index (χ1n) is 8.28. The maximum Gasteiger partial charge on any atom is 0.0816 e. The molecule has 24 heavy (non-hydrogen) atoms. The third kappa shape index (κ3) is 8.03. The van der Waals surface area contributed by atoms with Crippen molar-refractivity contribution >= 4 is 23.3 Å². The number of aliphatic imine (C=N–C) groups is 2. The molecule has 0 atom stereocenters. The SMILES string of the molecule is CCCCC/C=C/C(/C=N/c1ccccc1)=N\c1ccccc1.[Ni]. The van der Waals surface area contributed by atoms with E-state index < -0.39 is 0 Å². The molecule has 0 saturated heterocycles. The quantitative estimate of drug-likeness (QED) is 0.299. The topological polar surface area (TPSA) is 24.7 Å². The van der Waals surface area contributed by atoms with E-state index >= 15 is 0 Å². The summed E-state index contributed by atoms with van der Waals surface area (Å²) < 4.78 is 0. The number of unbranched alkanes of at least 4 members (excludes halogenated alkanes) is 3. The van der Waals surface area contributed by atoms with Gasteiger partial charge in [0.05, 0.1) is 23.3 Å². The van der Waals surface area contributed by atoms with E-state index in [1.54, 1.807) is 0 Å². The molecule has 0 aliphatic rings. The molecule has 0 amide bonds. The monoisotopic (exact) mass is 362 g/mol. The van der Waals surface area contributed by atoms with Crippen molar-refractivity contribution in [2.45, 2.75) is 32.6 Å². The summed E-state index contributed by atoms with van der Waals surface area (Å²) >= 11 is 0. The molecule has 3 heteroatoms. The maximum atomic E-state index is 4.67. The molecule has 0 N–H and O–H groups in total. The first-order chi connectivity index (χ1) is 11.4. The molecule has 0 unspecified atom stereocenters. The van der Waals surface area contributed by atoms with Crippen molar-refractivity contribution in [2.75, 3.05) is 0 Å². The van der Waals surface area contributed by atoms with Gasteiger partial charge >= 0.3 is 0 Å². The minimum atomic E-state index is 0. The zero-order chi connectivity index (χ0) is 16.2. The Hall–Kier alpha value is -1.99. The Labute approximate surface area is 155 Å². The van der Waals surface area contributed by atoms with E-state index in [1.807, 2.05) is 66.9 Å². The summed E-state index contributed by atoms with van der Waals surface area (Å²) in [4.78, 5) is 9.18. The molecule has 2 aromatic carbocycles. The Bertz CT molecular complexity index is 646.